The molecule has 0 unspecified atom stereocenters. The quantitative estimate of drug-likeness (QED) is 0.554. The van der Waals surface area contributed by atoms with Gasteiger partial charge in [0.05, 0.1) is 5.39 Å². The van der Waals surface area contributed by atoms with Crippen molar-refractivity contribution < 1.29 is 4.79 Å². The normalized spacial score (nSPS) is 17.2. The maximum absolute atomic E-state index is 12.8. The lowest BCUT2D eigenvalue weighted by molar-refractivity contribution is -0.121. The van der Waals surface area contributed by atoms with E-state index in [1.54, 1.807) is 11.3 Å². The molecule has 0 aliphatic heterocycles. The zero-order valence-corrected chi connectivity index (χ0v) is 20.3. The zero-order chi connectivity index (χ0) is 22.9. The highest BCUT2D eigenvalue weighted by molar-refractivity contribution is 7.18. The number of nitrogens with zero attached hydrogens (tertiary/aromatic N) is 1. The molecule has 1 amide bonds. The molecule has 32 heavy (non-hydrogen) atoms. The number of hydrogen-bond acceptors (Lipinski definition) is 4. The van der Waals surface area contributed by atoms with E-state index in [2.05, 4.69) is 50.1 Å². The van der Waals surface area contributed by atoms with Gasteiger partial charge in [-0.3, -0.25) is 9.59 Å². The number of rotatable bonds is 6. The molecule has 0 fully saturated rings. The van der Waals surface area contributed by atoms with Crippen molar-refractivity contribution in [1.29, 1.82) is 0 Å². The van der Waals surface area contributed by atoms with Crippen LogP contribution in [0.3, 0.4) is 0 Å². The number of nitrogens with one attached hydrogen (secondary N) is 2. The summed E-state index contributed by atoms with van der Waals surface area (Å²) in [5.41, 5.74) is 2.61. The van der Waals surface area contributed by atoms with Gasteiger partial charge in [0.1, 0.15) is 10.7 Å². The predicted molar refractivity (Wildman–Crippen MR) is 131 cm³/mol. The van der Waals surface area contributed by atoms with Crippen molar-refractivity contribution in [1.82, 2.24) is 15.3 Å². The molecular weight excluding hydrogens is 418 g/mol. The maximum atomic E-state index is 12.8. The highest BCUT2D eigenvalue weighted by atomic mass is 32.1. The lowest BCUT2D eigenvalue weighted by atomic mass is 9.72. The van der Waals surface area contributed by atoms with E-state index in [1.165, 1.54) is 16.0 Å². The van der Waals surface area contributed by atoms with Crippen molar-refractivity contribution in [2.24, 2.45) is 11.3 Å². The van der Waals surface area contributed by atoms with E-state index >= 15 is 0 Å². The topological polar surface area (TPSA) is 74.8 Å². The minimum absolute atomic E-state index is 0.0194. The monoisotopic (exact) mass is 451 g/mol. The molecule has 3 aromatic rings. The SMILES string of the molecule is C[C@H](CNC(=O)CCc1nc2sc3c(c2c(=O)[nH]1)CC[C@H](C(C)(C)C)C3)c1ccccc1. The van der Waals surface area contributed by atoms with Gasteiger partial charge in [-0.2, -0.15) is 0 Å². The van der Waals surface area contributed by atoms with Crippen LogP contribution in [-0.4, -0.2) is 22.4 Å². The number of aryl methyl sites for hydroxylation is 2. The molecular formula is C26H33N3O2S. The van der Waals surface area contributed by atoms with Crippen LogP contribution in [0.15, 0.2) is 35.1 Å². The van der Waals surface area contributed by atoms with Gasteiger partial charge < -0.3 is 10.3 Å². The van der Waals surface area contributed by atoms with Gasteiger partial charge in [0, 0.05) is 24.3 Å². The van der Waals surface area contributed by atoms with E-state index in [-0.39, 0.29) is 22.8 Å². The number of benzene rings is 1. The van der Waals surface area contributed by atoms with Gasteiger partial charge in [-0.25, -0.2) is 4.98 Å². The third-order valence-corrected chi connectivity index (χ3v) is 7.90. The lowest BCUT2D eigenvalue weighted by Crippen LogP contribution is -2.28. The molecule has 2 atom stereocenters. The van der Waals surface area contributed by atoms with E-state index in [0.717, 1.165) is 29.5 Å². The lowest BCUT2D eigenvalue weighted by Gasteiger charge is -2.33. The standard InChI is InChI=1S/C26H33N3O2S/c1-16(17-8-6-5-7-9-17)15-27-22(30)13-12-21-28-24(31)23-19-11-10-18(26(2,3)4)14-20(19)32-25(23)29-21/h5-9,16,18H,10-15H2,1-4H3,(H,27,30)(H,28,29,31)/t16-,18+/m1/s1. The van der Waals surface area contributed by atoms with Crippen LogP contribution in [0.1, 0.15) is 68.3 Å². The molecule has 1 aliphatic rings. The van der Waals surface area contributed by atoms with Gasteiger partial charge in [0.15, 0.2) is 0 Å². The van der Waals surface area contributed by atoms with Crippen LogP contribution in [0, 0.1) is 11.3 Å². The summed E-state index contributed by atoms with van der Waals surface area (Å²) in [6, 6.07) is 10.2. The van der Waals surface area contributed by atoms with Crippen LogP contribution in [-0.2, 0) is 24.1 Å². The summed E-state index contributed by atoms with van der Waals surface area (Å²) in [5, 5.41) is 3.77. The average molecular weight is 452 g/mol. The van der Waals surface area contributed by atoms with Crippen molar-refractivity contribution in [3.8, 4) is 0 Å². The van der Waals surface area contributed by atoms with Gasteiger partial charge in [0.2, 0.25) is 5.91 Å². The number of amides is 1. The Bertz CT molecular complexity index is 1160. The summed E-state index contributed by atoms with van der Waals surface area (Å²) < 4.78 is 0. The number of H-pyrrole nitrogens is 1. The largest absolute Gasteiger partial charge is 0.355 e. The smallest absolute Gasteiger partial charge is 0.259 e. The fraction of sp³-hybridized carbons (Fsp3) is 0.500. The Morgan fingerprint density at radius 3 is 2.75 bits per heavy atom. The minimum Gasteiger partial charge on any atom is -0.355 e. The van der Waals surface area contributed by atoms with Crippen molar-refractivity contribution in [2.75, 3.05) is 6.54 Å². The van der Waals surface area contributed by atoms with Crippen LogP contribution in [0.4, 0.5) is 0 Å². The van der Waals surface area contributed by atoms with Crippen LogP contribution < -0.4 is 10.9 Å². The van der Waals surface area contributed by atoms with Crippen molar-refractivity contribution in [3.05, 3.63) is 62.5 Å². The molecule has 0 saturated carbocycles. The maximum Gasteiger partial charge on any atom is 0.259 e. The van der Waals surface area contributed by atoms with E-state index < -0.39 is 0 Å². The second kappa shape index (κ2) is 9.18. The minimum atomic E-state index is -0.0604. The van der Waals surface area contributed by atoms with Gasteiger partial charge in [-0.15, -0.1) is 11.3 Å². The molecule has 2 heterocycles. The number of aromatic nitrogens is 2. The first-order valence-electron chi connectivity index (χ1n) is 11.6. The number of carbonyl (C=O) groups is 1. The first-order chi connectivity index (χ1) is 15.2. The van der Waals surface area contributed by atoms with Gasteiger partial charge >= 0.3 is 0 Å². The first kappa shape index (κ1) is 22.7. The second-order valence-electron chi connectivity index (χ2n) is 10.1. The first-order valence-corrected chi connectivity index (χ1v) is 12.4. The molecule has 2 aromatic heterocycles. The van der Waals surface area contributed by atoms with Crippen molar-refractivity contribution in [2.45, 2.75) is 65.7 Å². The Labute approximate surface area is 193 Å². The molecule has 1 aromatic carbocycles. The summed E-state index contributed by atoms with van der Waals surface area (Å²) in [6.07, 6.45) is 3.84. The molecule has 2 N–H and O–H groups in total. The number of fused-ring (bicyclic) bond motifs is 3. The fourth-order valence-electron chi connectivity index (χ4n) is 4.57. The molecule has 5 nitrogen and oxygen atoms in total. The molecule has 1 aliphatic carbocycles. The Morgan fingerprint density at radius 1 is 1.28 bits per heavy atom. The molecule has 0 bridgehead atoms. The Hall–Kier alpha value is -2.47. The third kappa shape index (κ3) is 4.96. The molecule has 0 spiro atoms. The van der Waals surface area contributed by atoms with Gasteiger partial charge in [-0.05, 0) is 47.6 Å². The summed E-state index contributed by atoms with van der Waals surface area (Å²) >= 11 is 1.66. The summed E-state index contributed by atoms with van der Waals surface area (Å²) in [5.74, 6) is 1.46. The van der Waals surface area contributed by atoms with Gasteiger partial charge in [0.25, 0.3) is 5.56 Å². The second-order valence-corrected chi connectivity index (χ2v) is 11.2. The van der Waals surface area contributed by atoms with Crippen molar-refractivity contribution >= 4 is 27.5 Å². The average Bonchev–Trinajstić information content (AvgIpc) is 3.14. The van der Waals surface area contributed by atoms with Crippen LogP contribution in [0.5, 0.6) is 0 Å². The van der Waals surface area contributed by atoms with Gasteiger partial charge in [-0.1, -0.05) is 58.0 Å². The number of hydrogen-bond donors (Lipinski definition) is 2. The van der Waals surface area contributed by atoms with Crippen molar-refractivity contribution in [3.63, 3.8) is 0 Å². The van der Waals surface area contributed by atoms with Crippen LogP contribution >= 0.6 is 11.3 Å². The van der Waals surface area contributed by atoms with Crippen LogP contribution in [0.2, 0.25) is 0 Å². The number of carbonyl (C=O) groups excluding carboxylic acids is 1. The summed E-state index contributed by atoms with van der Waals surface area (Å²) in [7, 11) is 0. The Balaban J connectivity index is 1.40. The Morgan fingerprint density at radius 2 is 2.03 bits per heavy atom. The third-order valence-electron chi connectivity index (χ3n) is 6.76. The highest BCUT2D eigenvalue weighted by Gasteiger charge is 2.31. The molecule has 4 rings (SSSR count). The Kier molecular flexibility index (Phi) is 6.52. The van der Waals surface area contributed by atoms with E-state index in [9.17, 15) is 9.59 Å². The zero-order valence-electron chi connectivity index (χ0n) is 19.5. The highest BCUT2D eigenvalue weighted by Crippen LogP contribution is 2.41. The molecule has 0 saturated heterocycles. The number of aromatic amines is 1. The fourth-order valence-corrected chi connectivity index (χ4v) is 5.89. The van der Waals surface area contributed by atoms with E-state index in [4.69, 9.17) is 4.98 Å². The van der Waals surface area contributed by atoms with Crippen LogP contribution in [0.25, 0.3) is 10.2 Å². The molecule has 6 heteroatoms. The number of thiophene rings is 1. The van der Waals surface area contributed by atoms with E-state index in [1.807, 2.05) is 18.2 Å². The predicted octanol–water partition coefficient (Wildman–Crippen LogP) is 4.99. The summed E-state index contributed by atoms with van der Waals surface area (Å²) in [4.78, 5) is 35.0. The summed E-state index contributed by atoms with van der Waals surface area (Å²) in [6.45, 7) is 9.59. The molecule has 170 valence electrons. The molecule has 0 radical (unpaired) electrons. The van der Waals surface area contributed by atoms with E-state index in [0.29, 0.717) is 31.1 Å².